The van der Waals surface area contributed by atoms with Gasteiger partial charge in [0.05, 0.1) is 5.92 Å². The van der Waals surface area contributed by atoms with Crippen LogP contribution in [0.2, 0.25) is 0 Å². The van der Waals surface area contributed by atoms with E-state index in [1.807, 2.05) is 91.9 Å². The topological polar surface area (TPSA) is 84.0 Å². The molecule has 0 aliphatic carbocycles. The number of anilines is 1. The SMILES string of the molecule is CCC(C(=O)NC(Cc1ccccc1)C(=O)Nc1nnc(-c2cccc(Br)c2)s1)c1ccccc1. The summed E-state index contributed by atoms with van der Waals surface area (Å²) in [5.74, 6) is -0.851. The maximum Gasteiger partial charge on any atom is 0.249 e. The number of carbonyl (C=O) groups excluding carboxylic acids is 2. The molecule has 2 amide bonds. The molecule has 0 aliphatic rings. The summed E-state index contributed by atoms with van der Waals surface area (Å²) >= 11 is 4.75. The Morgan fingerprint density at radius 3 is 2.31 bits per heavy atom. The van der Waals surface area contributed by atoms with Crippen LogP contribution in [-0.4, -0.2) is 28.1 Å². The van der Waals surface area contributed by atoms with Crippen molar-refractivity contribution in [3.05, 3.63) is 101 Å². The largest absolute Gasteiger partial charge is 0.343 e. The molecule has 1 heterocycles. The van der Waals surface area contributed by atoms with Gasteiger partial charge in [0.25, 0.3) is 0 Å². The number of rotatable bonds is 9. The molecule has 0 saturated carbocycles. The van der Waals surface area contributed by atoms with Gasteiger partial charge in [-0.2, -0.15) is 0 Å². The van der Waals surface area contributed by atoms with Gasteiger partial charge in [-0.1, -0.05) is 107 Å². The third kappa shape index (κ3) is 6.61. The fraction of sp³-hybridized carbons (Fsp3) is 0.185. The van der Waals surface area contributed by atoms with Crippen LogP contribution in [0.15, 0.2) is 89.4 Å². The summed E-state index contributed by atoms with van der Waals surface area (Å²) in [5, 5.41) is 15.3. The number of benzene rings is 3. The zero-order chi connectivity index (χ0) is 24.6. The number of hydrogen-bond donors (Lipinski definition) is 2. The quantitative estimate of drug-likeness (QED) is 0.275. The van der Waals surface area contributed by atoms with Crippen molar-refractivity contribution in [2.75, 3.05) is 5.32 Å². The van der Waals surface area contributed by atoms with Crippen LogP contribution in [0, 0.1) is 0 Å². The Labute approximate surface area is 216 Å². The normalized spacial score (nSPS) is 12.5. The molecule has 0 bridgehead atoms. The molecule has 8 heteroatoms. The van der Waals surface area contributed by atoms with E-state index in [0.717, 1.165) is 21.2 Å². The van der Waals surface area contributed by atoms with Gasteiger partial charge in [0.2, 0.25) is 16.9 Å². The van der Waals surface area contributed by atoms with E-state index in [2.05, 4.69) is 36.8 Å². The summed E-state index contributed by atoms with van der Waals surface area (Å²) in [5.41, 5.74) is 2.78. The number of halogens is 1. The first-order valence-electron chi connectivity index (χ1n) is 11.3. The zero-order valence-electron chi connectivity index (χ0n) is 19.1. The number of amides is 2. The molecule has 0 fully saturated rings. The first-order valence-corrected chi connectivity index (χ1v) is 12.9. The van der Waals surface area contributed by atoms with Crippen LogP contribution in [0.4, 0.5) is 5.13 Å². The van der Waals surface area contributed by atoms with Crippen LogP contribution in [0.3, 0.4) is 0 Å². The molecule has 6 nitrogen and oxygen atoms in total. The Bertz CT molecular complexity index is 1280. The van der Waals surface area contributed by atoms with Gasteiger partial charge in [-0.25, -0.2) is 0 Å². The van der Waals surface area contributed by atoms with Gasteiger partial charge < -0.3 is 5.32 Å². The molecule has 178 valence electrons. The predicted molar refractivity (Wildman–Crippen MR) is 143 cm³/mol. The van der Waals surface area contributed by atoms with Crippen molar-refractivity contribution in [3.8, 4) is 10.6 Å². The molecule has 0 saturated heterocycles. The van der Waals surface area contributed by atoms with E-state index in [0.29, 0.717) is 23.0 Å². The Morgan fingerprint density at radius 1 is 0.914 bits per heavy atom. The summed E-state index contributed by atoms with van der Waals surface area (Å²) < 4.78 is 0.935. The van der Waals surface area contributed by atoms with E-state index >= 15 is 0 Å². The summed E-state index contributed by atoms with van der Waals surface area (Å²) in [6, 6.07) is 26.2. The molecule has 0 spiro atoms. The summed E-state index contributed by atoms with van der Waals surface area (Å²) in [4.78, 5) is 26.5. The molecule has 2 atom stereocenters. The van der Waals surface area contributed by atoms with Crippen molar-refractivity contribution in [1.82, 2.24) is 15.5 Å². The van der Waals surface area contributed by atoms with Crippen LogP contribution in [0.1, 0.15) is 30.4 Å². The average Bonchev–Trinajstić information content (AvgIpc) is 3.34. The van der Waals surface area contributed by atoms with Gasteiger partial charge in [0.15, 0.2) is 0 Å². The first kappa shape index (κ1) is 24.8. The monoisotopic (exact) mass is 548 g/mol. The highest BCUT2D eigenvalue weighted by molar-refractivity contribution is 9.10. The Balaban J connectivity index is 1.52. The van der Waals surface area contributed by atoms with Crippen LogP contribution in [0.25, 0.3) is 10.6 Å². The predicted octanol–water partition coefficient (Wildman–Crippen LogP) is 5.83. The lowest BCUT2D eigenvalue weighted by molar-refractivity contribution is -0.127. The van der Waals surface area contributed by atoms with Crippen molar-refractivity contribution in [1.29, 1.82) is 0 Å². The minimum atomic E-state index is -0.763. The number of hydrogen-bond acceptors (Lipinski definition) is 5. The van der Waals surface area contributed by atoms with Gasteiger partial charge in [0, 0.05) is 16.5 Å². The van der Waals surface area contributed by atoms with Crippen LogP contribution < -0.4 is 10.6 Å². The molecule has 2 unspecified atom stereocenters. The van der Waals surface area contributed by atoms with Crippen molar-refractivity contribution < 1.29 is 9.59 Å². The number of aromatic nitrogens is 2. The van der Waals surface area contributed by atoms with Crippen molar-refractivity contribution in [2.24, 2.45) is 0 Å². The zero-order valence-corrected chi connectivity index (χ0v) is 21.6. The minimum Gasteiger partial charge on any atom is -0.343 e. The van der Waals surface area contributed by atoms with Crippen molar-refractivity contribution in [3.63, 3.8) is 0 Å². The Morgan fingerprint density at radius 2 is 1.63 bits per heavy atom. The third-order valence-electron chi connectivity index (χ3n) is 5.57. The number of nitrogens with one attached hydrogen (secondary N) is 2. The van der Waals surface area contributed by atoms with Crippen LogP contribution >= 0.6 is 27.3 Å². The minimum absolute atomic E-state index is 0.179. The third-order valence-corrected chi connectivity index (χ3v) is 6.95. The van der Waals surface area contributed by atoms with E-state index < -0.39 is 6.04 Å². The summed E-state index contributed by atoms with van der Waals surface area (Å²) in [6.45, 7) is 1.97. The van der Waals surface area contributed by atoms with Crippen LogP contribution in [-0.2, 0) is 16.0 Å². The van der Waals surface area contributed by atoms with E-state index in [9.17, 15) is 9.59 Å². The average molecular weight is 549 g/mol. The van der Waals surface area contributed by atoms with Gasteiger partial charge in [0.1, 0.15) is 11.0 Å². The lowest BCUT2D eigenvalue weighted by Gasteiger charge is -2.22. The lowest BCUT2D eigenvalue weighted by Crippen LogP contribution is -2.46. The molecule has 4 rings (SSSR count). The van der Waals surface area contributed by atoms with Gasteiger partial charge in [-0.15, -0.1) is 10.2 Å². The second kappa shape index (κ2) is 11.9. The fourth-order valence-electron chi connectivity index (χ4n) is 3.79. The van der Waals surface area contributed by atoms with Gasteiger partial charge in [-0.3, -0.25) is 14.9 Å². The molecule has 0 radical (unpaired) electrons. The second-order valence-electron chi connectivity index (χ2n) is 8.03. The first-order chi connectivity index (χ1) is 17.0. The lowest BCUT2D eigenvalue weighted by atomic mass is 9.94. The molecule has 2 N–H and O–H groups in total. The molecule has 0 aliphatic heterocycles. The molecular weight excluding hydrogens is 524 g/mol. The van der Waals surface area contributed by atoms with Gasteiger partial charge >= 0.3 is 0 Å². The second-order valence-corrected chi connectivity index (χ2v) is 9.93. The Kier molecular flexibility index (Phi) is 8.39. The molecule has 4 aromatic rings. The summed E-state index contributed by atoms with van der Waals surface area (Å²) in [6.07, 6.45) is 0.989. The van der Waals surface area contributed by atoms with Gasteiger partial charge in [-0.05, 0) is 29.7 Å². The maximum absolute atomic E-state index is 13.3. The smallest absolute Gasteiger partial charge is 0.249 e. The van der Waals surface area contributed by atoms with Crippen LogP contribution in [0.5, 0.6) is 0 Å². The van der Waals surface area contributed by atoms with Crippen molar-refractivity contribution in [2.45, 2.75) is 31.7 Å². The highest BCUT2D eigenvalue weighted by Crippen LogP contribution is 2.28. The highest BCUT2D eigenvalue weighted by Gasteiger charge is 2.27. The maximum atomic E-state index is 13.3. The molecular formula is C27H25BrN4O2S. The van der Waals surface area contributed by atoms with E-state index in [1.54, 1.807) is 0 Å². The van der Waals surface area contributed by atoms with E-state index in [1.165, 1.54) is 11.3 Å². The van der Waals surface area contributed by atoms with E-state index in [4.69, 9.17) is 0 Å². The van der Waals surface area contributed by atoms with E-state index in [-0.39, 0.29) is 17.7 Å². The standard InChI is InChI=1S/C27H25BrN4O2S/c1-2-22(19-12-7-4-8-13-19)24(33)29-23(16-18-10-5-3-6-11-18)25(34)30-27-32-31-26(35-27)20-14-9-15-21(28)17-20/h3-15,17,22-23H,2,16H2,1H3,(H,29,33)(H,30,32,34). The molecule has 35 heavy (non-hydrogen) atoms. The summed E-state index contributed by atoms with van der Waals surface area (Å²) in [7, 11) is 0. The van der Waals surface area contributed by atoms with Crippen molar-refractivity contribution >= 4 is 44.2 Å². The fourth-order valence-corrected chi connectivity index (χ4v) is 4.94. The number of nitrogens with zero attached hydrogens (tertiary/aromatic N) is 2. The molecule has 1 aromatic heterocycles. The Hall–Kier alpha value is -3.36. The number of carbonyl (C=O) groups is 2. The molecule has 3 aromatic carbocycles. The highest BCUT2D eigenvalue weighted by atomic mass is 79.9.